The number of alkyl halides is 1. The fourth-order valence-electron chi connectivity index (χ4n) is 5.02. The van der Waals surface area contributed by atoms with Crippen molar-refractivity contribution in [1.82, 2.24) is 4.90 Å². The van der Waals surface area contributed by atoms with E-state index in [0.29, 0.717) is 35.9 Å². The summed E-state index contributed by atoms with van der Waals surface area (Å²) in [5.74, 6) is 0.794. The van der Waals surface area contributed by atoms with Gasteiger partial charge in [-0.3, -0.25) is 4.79 Å². The van der Waals surface area contributed by atoms with Gasteiger partial charge >= 0.3 is 6.09 Å². The van der Waals surface area contributed by atoms with E-state index in [-0.39, 0.29) is 29.0 Å². The minimum Gasteiger partial charge on any atom is -0.493 e. The lowest BCUT2D eigenvalue weighted by Crippen LogP contribution is -2.58. The van der Waals surface area contributed by atoms with Crippen LogP contribution in [-0.2, 0) is 9.16 Å². The van der Waals surface area contributed by atoms with Crippen molar-refractivity contribution in [2.75, 3.05) is 37.1 Å². The summed E-state index contributed by atoms with van der Waals surface area (Å²) < 4.78 is 24.3. The predicted molar refractivity (Wildman–Crippen MR) is 154 cm³/mol. The van der Waals surface area contributed by atoms with Crippen molar-refractivity contribution in [2.45, 2.75) is 76.9 Å². The molecule has 2 fully saturated rings. The van der Waals surface area contributed by atoms with Gasteiger partial charge in [0, 0.05) is 17.9 Å². The number of ether oxygens (including phenoxy) is 3. The molecule has 1 aromatic rings. The highest BCUT2D eigenvalue weighted by Gasteiger charge is 2.59. The van der Waals surface area contributed by atoms with Gasteiger partial charge in [0.05, 0.1) is 31.0 Å². The molecule has 0 radical (unpaired) electrons. The Labute approximate surface area is 235 Å². The molecule has 210 valence electrons. The normalized spacial score (nSPS) is 22.0. The summed E-state index contributed by atoms with van der Waals surface area (Å²) in [5, 5.41) is 0.687. The molecule has 1 saturated heterocycles. The van der Waals surface area contributed by atoms with Crippen molar-refractivity contribution in [3.8, 4) is 11.5 Å². The van der Waals surface area contributed by atoms with Crippen LogP contribution in [-0.4, -0.2) is 69.7 Å². The summed E-state index contributed by atoms with van der Waals surface area (Å²) in [6, 6.07) is 3.14. The number of amides is 2. The molecule has 1 aromatic carbocycles. The Morgan fingerprint density at radius 2 is 1.97 bits per heavy atom. The Balaban J connectivity index is 1.90. The van der Waals surface area contributed by atoms with Crippen molar-refractivity contribution in [1.29, 1.82) is 0 Å². The zero-order valence-electron chi connectivity index (χ0n) is 23.5. The number of rotatable bonds is 9. The fraction of sp³-hybridized carbons (Fsp3) is 0.643. The molecule has 1 saturated carbocycles. The van der Waals surface area contributed by atoms with Gasteiger partial charge in [-0.15, -0.1) is 0 Å². The van der Waals surface area contributed by atoms with Gasteiger partial charge in [-0.1, -0.05) is 49.4 Å². The molecule has 8 nitrogen and oxygen atoms in total. The maximum atomic E-state index is 14.1. The molecule has 0 N–H and O–H groups in total. The van der Waals surface area contributed by atoms with E-state index in [9.17, 15) is 9.59 Å². The lowest BCUT2D eigenvalue weighted by atomic mass is 10.0. The predicted octanol–water partition coefficient (Wildman–Crippen LogP) is 6.34. The lowest BCUT2D eigenvalue weighted by Gasteiger charge is -2.44. The van der Waals surface area contributed by atoms with Crippen LogP contribution in [0.1, 0.15) is 56.8 Å². The fourth-order valence-corrected chi connectivity index (χ4v) is 6.47. The van der Waals surface area contributed by atoms with Crippen molar-refractivity contribution in [3.63, 3.8) is 0 Å². The number of anilines is 1. The maximum absolute atomic E-state index is 14.1. The molecular formula is C28H41BrN2O6Si. The first kappa shape index (κ1) is 29.0. The van der Waals surface area contributed by atoms with Gasteiger partial charge in [0.15, 0.2) is 26.0 Å². The number of methoxy groups -OCH3 is 1. The molecule has 1 spiro atoms. The molecule has 38 heavy (non-hydrogen) atoms. The number of carbonyl (C=O) groups is 2. The Morgan fingerprint density at radius 3 is 2.55 bits per heavy atom. The Kier molecular flexibility index (Phi) is 8.26. The molecule has 2 amide bonds. The average molecular weight is 610 g/mol. The molecule has 1 aliphatic carbocycles. The first-order chi connectivity index (χ1) is 17.9. The van der Waals surface area contributed by atoms with Gasteiger partial charge < -0.3 is 23.5 Å². The maximum Gasteiger partial charge on any atom is 0.416 e. The molecule has 2 atom stereocenters. The highest BCUT2D eigenvalue weighted by molar-refractivity contribution is 9.09. The number of nitrogens with zero attached hydrogens (tertiary/aromatic N) is 2. The van der Waals surface area contributed by atoms with Gasteiger partial charge in [-0.2, -0.15) is 0 Å². The molecule has 2 heterocycles. The minimum atomic E-state index is -2.39. The number of carbonyl (C=O) groups excluding carboxylic acids is 2. The van der Waals surface area contributed by atoms with Crippen LogP contribution in [0.15, 0.2) is 24.8 Å². The van der Waals surface area contributed by atoms with Crippen LogP contribution in [0, 0.1) is 5.41 Å². The number of hydrogen-bond donors (Lipinski definition) is 0. The second-order valence-electron chi connectivity index (χ2n) is 12.1. The van der Waals surface area contributed by atoms with Crippen LogP contribution in [0.3, 0.4) is 0 Å². The molecule has 0 bridgehead atoms. The molecule has 4 rings (SSSR count). The average Bonchev–Trinajstić information content (AvgIpc) is 3.52. The molecule has 2 aliphatic heterocycles. The van der Waals surface area contributed by atoms with Gasteiger partial charge in [0.2, 0.25) is 0 Å². The van der Waals surface area contributed by atoms with Crippen LogP contribution in [0.25, 0.3) is 0 Å². The van der Waals surface area contributed by atoms with Gasteiger partial charge in [0.25, 0.3) is 5.91 Å². The SMILES string of the molecule is C=CCOC(=O)N1c2cc(OCCCBr)c(OC)cc2C(=O)N2CC3(CC3)C[C@H]2C1O[Si](C)(C)C(C)(C)C. The van der Waals surface area contributed by atoms with Crippen molar-refractivity contribution >= 4 is 41.9 Å². The van der Waals surface area contributed by atoms with Crippen molar-refractivity contribution < 1.29 is 28.2 Å². The first-order valence-corrected chi connectivity index (χ1v) is 17.4. The van der Waals surface area contributed by atoms with Crippen LogP contribution in [0.5, 0.6) is 11.5 Å². The number of fused-ring (bicyclic) bond motifs is 2. The largest absolute Gasteiger partial charge is 0.493 e. The van der Waals surface area contributed by atoms with E-state index < -0.39 is 20.6 Å². The molecule has 0 aromatic heterocycles. The highest BCUT2D eigenvalue weighted by atomic mass is 79.9. The minimum absolute atomic E-state index is 0.0501. The van der Waals surface area contributed by atoms with E-state index in [2.05, 4.69) is 56.4 Å². The topological polar surface area (TPSA) is 77.5 Å². The molecule has 3 aliphatic rings. The van der Waals surface area contributed by atoms with Crippen LogP contribution in [0.2, 0.25) is 18.1 Å². The Bertz CT molecular complexity index is 1080. The Morgan fingerprint density at radius 1 is 1.26 bits per heavy atom. The third-order valence-electron chi connectivity index (χ3n) is 8.40. The number of halogens is 1. The molecular weight excluding hydrogens is 568 g/mol. The summed E-state index contributed by atoms with van der Waals surface area (Å²) in [5.41, 5.74) is 0.905. The standard InChI is InChI=1S/C28H41BrN2O6Si/c1-8-13-36-26(33)31-20-16-23(35-14-9-12-29)22(34-5)15-19(20)24(32)30-18-28(10-11-28)17-21(30)25(31)37-38(6,7)27(2,3)4/h8,15-16,21,25H,1,9-14,17-18H2,2-7H3/t21-,25?/m0/s1. The van der Waals surface area contributed by atoms with E-state index in [4.69, 9.17) is 18.6 Å². The quantitative estimate of drug-likeness (QED) is 0.141. The van der Waals surface area contributed by atoms with Gasteiger partial charge in [0.1, 0.15) is 6.61 Å². The molecule has 1 unspecified atom stereocenters. The molecule has 10 heteroatoms. The third-order valence-corrected chi connectivity index (χ3v) is 13.4. The summed E-state index contributed by atoms with van der Waals surface area (Å²) in [6.45, 7) is 15.7. The number of benzene rings is 1. The van der Waals surface area contributed by atoms with E-state index >= 15 is 0 Å². The van der Waals surface area contributed by atoms with E-state index in [1.807, 2.05) is 4.90 Å². The smallest absolute Gasteiger partial charge is 0.416 e. The van der Waals surface area contributed by atoms with Gasteiger partial charge in [-0.25, -0.2) is 9.69 Å². The van der Waals surface area contributed by atoms with E-state index in [1.54, 1.807) is 24.1 Å². The van der Waals surface area contributed by atoms with Crippen LogP contribution < -0.4 is 14.4 Å². The third kappa shape index (κ3) is 5.49. The summed E-state index contributed by atoms with van der Waals surface area (Å²) in [6.07, 6.45) is 4.02. The lowest BCUT2D eigenvalue weighted by molar-refractivity contribution is 0.0528. The second-order valence-corrected chi connectivity index (χ2v) is 17.7. The van der Waals surface area contributed by atoms with E-state index in [0.717, 1.165) is 31.0 Å². The van der Waals surface area contributed by atoms with Crippen LogP contribution >= 0.6 is 15.9 Å². The number of hydrogen-bond acceptors (Lipinski definition) is 6. The highest BCUT2D eigenvalue weighted by Crippen LogP contribution is 2.57. The van der Waals surface area contributed by atoms with Crippen molar-refractivity contribution in [2.24, 2.45) is 5.41 Å². The summed E-state index contributed by atoms with van der Waals surface area (Å²) in [4.78, 5) is 31.4. The summed E-state index contributed by atoms with van der Waals surface area (Å²) >= 11 is 3.43. The second kappa shape index (κ2) is 10.8. The van der Waals surface area contributed by atoms with Crippen molar-refractivity contribution in [3.05, 3.63) is 30.4 Å². The first-order valence-electron chi connectivity index (χ1n) is 13.3. The van der Waals surface area contributed by atoms with Crippen LogP contribution in [0.4, 0.5) is 10.5 Å². The summed E-state index contributed by atoms with van der Waals surface area (Å²) in [7, 11) is -0.836. The van der Waals surface area contributed by atoms with E-state index in [1.165, 1.54) is 6.08 Å². The Hall–Kier alpha value is -2.04. The zero-order chi connectivity index (χ0) is 27.9. The zero-order valence-corrected chi connectivity index (χ0v) is 26.1. The van der Waals surface area contributed by atoms with Gasteiger partial charge in [-0.05, 0) is 55.3 Å². The monoisotopic (exact) mass is 608 g/mol.